The number of fused-ring (bicyclic) bond motifs is 3. The molecule has 1 saturated carbocycles. The van der Waals surface area contributed by atoms with Crippen molar-refractivity contribution in [3.63, 3.8) is 0 Å². The summed E-state index contributed by atoms with van der Waals surface area (Å²) in [4.78, 5) is 39.7. The van der Waals surface area contributed by atoms with E-state index in [0.717, 1.165) is 6.26 Å². The molecule has 12 heteroatoms. The number of carbonyl (C=O) groups is 3. The molecular formula is C26H27NO11. The number of ketones is 3. The summed E-state index contributed by atoms with van der Waals surface area (Å²) < 4.78 is 16.5. The lowest BCUT2D eigenvalue weighted by Gasteiger charge is -2.44. The Kier molecular flexibility index (Phi) is 6.30. The first-order valence-corrected chi connectivity index (χ1v) is 11.9. The molecule has 4 aliphatic rings. The topological polar surface area (TPSA) is 206 Å². The van der Waals surface area contributed by atoms with Gasteiger partial charge in [0.1, 0.15) is 41.5 Å². The number of methoxy groups -OCH3 is 1. The third kappa shape index (κ3) is 3.79. The first-order chi connectivity index (χ1) is 18.0. The van der Waals surface area contributed by atoms with Crippen LogP contribution < -0.4 is 10.5 Å². The van der Waals surface area contributed by atoms with E-state index in [0.29, 0.717) is 0 Å². The van der Waals surface area contributed by atoms with E-state index in [2.05, 4.69) is 0 Å². The Bertz CT molecular complexity index is 1330. The van der Waals surface area contributed by atoms with E-state index in [9.17, 15) is 39.9 Å². The number of aliphatic hydroxyl groups excluding tert-OH is 4. The predicted octanol–water partition coefficient (Wildman–Crippen LogP) is 0.889. The lowest BCUT2D eigenvalue weighted by Crippen LogP contribution is -2.52. The van der Waals surface area contributed by atoms with Gasteiger partial charge < -0.3 is 45.5 Å². The third-order valence-electron chi connectivity index (χ3n) is 7.62. The van der Waals surface area contributed by atoms with Crippen molar-refractivity contribution in [2.75, 3.05) is 13.7 Å². The van der Waals surface area contributed by atoms with Crippen LogP contribution in [0.5, 0.6) is 5.75 Å². The zero-order chi connectivity index (χ0) is 27.5. The van der Waals surface area contributed by atoms with Crippen molar-refractivity contribution in [2.24, 2.45) is 17.6 Å². The van der Waals surface area contributed by atoms with E-state index in [1.165, 1.54) is 25.3 Å². The van der Waals surface area contributed by atoms with E-state index < -0.39 is 84.2 Å². The highest BCUT2D eigenvalue weighted by Gasteiger charge is 2.56. The van der Waals surface area contributed by atoms with Crippen LogP contribution in [0, 0.1) is 11.8 Å². The summed E-state index contributed by atoms with van der Waals surface area (Å²) in [5.41, 5.74) is 3.37. The van der Waals surface area contributed by atoms with Crippen LogP contribution in [-0.2, 0) is 14.3 Å². The van der Waals surface area contributed by atoms with E-state index >= 15 is 0 Å². The van der Waals surface area contributed by atoms with Crippen molar-refractivity contribution >= 4 is 17.3 Å². The average Bonchev–Trinajstić information content (AvgIpc) is 2.90. The number of hydrogen-bond donors (Lipinski definition) is 6. The molecule has 3 aliphatic carbocycles. The number of hydrogen-bond acceptors (Lipinski definition) is 12. The summed E-state index contributed by atoms with van der Waals surface area (Å²) in [5.74, 6) is -6.53. The SMILES string of the molecule is COc1cccc2c1C(=O)C1C(O)=C3C(=C(O)C1C2=O)C[C@@](O)(C(=O)CO)C[C@@H]3OC1CC(N)C(O)=CO1. The van der Waals surface area contributed by atoms with Crippen LogP contribution in [0.2, 0.25) is 0 Å². The van der Waals surface area contributed by atoms with Gasteiger partial charge in [-0.25, -0.2) is 0 Å². The van der Waals surface area contributed by atoms with E-state index in [1.54, 1.807) is 0 Å². The van der Waals surface area contributed by atoms with Gasteiger partial charge in [-0.1, -0.05) is 12.1 Å². The molecule has 0 spiro atoms. The van der Waals surface area contributed by atoms with Crippen LogP contribution >= 0.6 is 0 Å². The summed E-state index contributed by atoms with van der Waals surface area (Å²) >= 11 is 0. The molecule has 7 N–H and O–H groups in total. The van der Waals surface area contributed by atoms with Crippen LogP contribution in [0.4, 0.5) is 0 Å². The molecule has 0 bridgehead atoms. The van der Waals surface area contributed by atoms with Crippen LogP contribution in [0.25, 0.3) is 0 Å². The van der Waals surface area contributed by atoms with Crippen molar-refractivity contribution in [1.82, 2.24) is 0 Å². The molecule has 4 unspecified atom stereocenters. The smallest absolute Gasteiger partial charge is 0.201 e. The molecule has 6 atom stereocenters. The molecule has 38 heavy (non-hydrogen) atoms. The molecule has 1 fully saturated rings. The highest BCUT2D eigenvalue weighted by atomic mass is 16.7. The number of aliphatic hydroxyl groups is 5. The van der Waals surface area contributed by atoms with Gasteiger partial charge in [0.25, 0.3) is 0 Å². The second-order valence-corrected chi connectivity index (χ2v) is 9.80. The normalized spacial score (nSPS) is 32.6. The first kappa shape index (κ1) is 25.9. The second-order valence-electron chi connectivity index (χ2n) is 9.80. The number of Topliss-reactive ketones (excluding diaryl/α,β-unsaturated/α-hetero) is 3. The largest absolute Gasteiger partial charge is 0.511 e. The molecule has 0 radical (unpaired) electrons. The summed E-state index contributed by atoms with van der Waals surface area (Å²) in [5, 5.41) is 53.2. The number of allylic oxidation sites excluding steroid dienone is 2. The number of benzene rings is 1. The molecule has 1 aliphatic heterocycles. The van der Waals surface area contributed by atoms with Gasteiger partial charge in [0.15, 0.2) is 17.3 Å². The van der Waals surface area contributed by atoms with Gasteiger partial charge in [-0.05, 0) is 6.07 Å². The molecule has 202 valence electrons. The van der Waals surface area contributed by atoms with Crippen LogP contribution in [-0.4, -0.2) is 80.6 Å². The fraction of sp³-hybridized carbons (Fsp3) is 0.423. The molecular weight excluding hydrogens is 502 g/mol. The van der Waals surface area contributed by atoms with Crippen molar-refractivity contribution in [2.45, 2.75) is 43.3 Å². The maximum absolute atomic E-state index is 13.7. The number of rotatable bonds is 5. The van der Waals surface area contributed by atoms with E-state index in [-0.39, 0.29) is 40.2 Å². The molecule has 1 heterocycles. The second kappa shape index (κ2) is 9.24. The third-order valence-corrected chi connectivity index (χ3v) is 7.62. The Labute approximate surface area is 216 Å². The van der Waals surface area contributed by atoms with Gasteiger partial charge >= 0.3 is 0 Å². The summed E-state index contributed by atoms with van der Waals surface area (Å²) in [6, 6.07) is 3.59. The van der Waals surface area contributed by atoms with Gasteiger partial charge in [0, 0.05) is 36.0 Å². The lowest BCUT2D eigenvalue weighted by molar-refractivity contribution is -0.171. The Hall–Kier alpha value is -3.71. The summed E-state index contributed by atoms with van der Waals surface area (Å²) in [6.45, 7) is -1.01. The number of nitrogens with two attached hydrogens (primary N) is 1. The highest BCUT2D eigenvalue weighted by Crippen LogP contribution is 2.51. The molecule has 0 aromatic heterocycles. The quantitative estimate of drug-likeness (QED) is 0.314. The van der Waals surface area contributed by atoms with Crippen molar-refractivity contribution in [3.8, 4) is 5.75 Å². The lowest BCUT2D eigenvalue weighted by atomic mass is 9.63. The number of carbonyl (C=O) groups excluding carboxylic acids is 3. The maximum Gasteiger partial charge on any atom is 0.201 e. The Morgan fingerprint density at radius 1 is 1.16 bits per heavy atom. The maximum atomic E-state index is 13.7. The van der Waals surface area contributed by atoms with Crippen LogP contribution in [0.3, 0.4) is 0 Å². The van der Waals surface area contributed by atoms with Gasteiger partial charge in [0.2, 0.25) is 6.29 Å². The average molecular weight is 529 g/mol. The van der Waals surface area contributed by atoms with Crippen molar-refractivity contribution < 1.29 is 54.1 Å². The monoisotopic (exact) mass is 529 g/mol. The number of ether oxygens (including phenoxy) is 3. The van der Waals surface area contributed by atoms with Gasteiger partial charge in [-0.15, -0.1) is 0 Å². The Morgan fingerprint density at radius 3 is 2.53 bits per heavy atom. The minimum Gasteiger partial charge on any atom is -0.511 e. The molecule has 12 nitrogen and oxygen atoms in total. The fourth-order valence-electron chi connectivity index (χ4n) is 5.68. The van der Waals surface area contributed by atoms with Gasteiger partial charge in [-0.2, -0.15) is 0 Å². The molecule has 0 saturated heterocycles. The Balaban J connectivity index is 1.64. The molecule has 1 aromatic carbocycles. The van der Waals surface area contributed by atoms with Gasteiger partial charge in [0.05, 0.1) is 36.7 Å². The molecule has 1 aromatic rings. The molecule has 5 rings (SSSR count). The minimum atomic E-state index is -2.23. The Morgan fingerprint density at radius 2 is 1.87 bits per heavy atom. The first-order valence-electron chi connectivity index (χ1n) is 11.9. The minimum absolute atomic E-state index is 0.000457. The molecule has 0 amide bonds. The van der Waals surface area contributed by atoms with Gasteiger partial charge in [-0.3, -0.25) is 14.4 Å². The zero-order valence-corrected chi connectivity index (χ0v) is 20.3. The standard InChI is InChI=1S/C26H27NO11/c1-36-14-4-2-3-10-18(14)24(33)21-20(22(10)31)23(32)11-6-26(35,16(30)8-28)7-15(19(11)25(21)34)38-17-5-12(27)13(29)9-37-17/h2-4,9,12,15,17,20-21,28-29,32,34-35H,5-8,27H2,1H3/t12?,15-,17?,20?,21?,26-/m0/s1. The highest BCUT2D eigenvalue weighted by molar-refractivity contribution is 6.19. The summed E-state index contributed by atoms with van der Waals surface area (Å²) in [7, 11) is 1.33. The van der Waals surface area contributed by atoms with Crippen molar-refractivity contribution in [1.29, 1.82) is 0 Å². The van der Waals surface area contributed by atoms with E-state index in [1.807, 2.05) is 0 Å². The van der Waals surface area contributed by atoms with Crippen LogP contribution in [0.15, 0.2) is 52.9 Å². The fourth-order valence-corrected chi connectivity index (χ4v) is 5.68. The van der Waals surface area contributed by atoms with Crippen molar-refractivity contribution in [3.05, 3.63) is 64.0 Å². The summed E-state index contributed by atoms with van der Waals surface area (Å²) in [6.07, 6.45) is -2.47. The van der Waals surface area contributed by atoms with Crippen LogP contribution in [0.1, 0.15) is 40.0 Å². The zero-order valence-electron chi connectivity index (χ0n) is 20.3. The van der Waals surface area contributed by atoms with E-state index in [4.69, 9.17) is 19.9 Å². The predicted molar refractivity (Wildman–Crippen MR) is 127 cm³/mol.